The molecule has 0 aromatic heterocycles. The number of nitrogens with two attached hydrogens (primary N) is 1. The van der Waals surface area contributed by atoms with Crippen molar-refractivity contribution in [1.82, 2.24) is 0 Å². The number of hydrogen-bond acceptors (Lipinski definition) is 1. The van der Waals surface area contributed by atoms with Crippen molar-refractivity contribution < 1.29 is 4.39 Å². The number of hydrogen-bond donors (Lipinski definition) is 1. The Kier molecular flexibility index (Phi) is 8.33. The lowest BCUT2D eigenvalue weighted by Crippen LogP contribution is -2.09. The van der Waals surface area contributed by atoms with Gasteiger partial charge in [-0.15, -0.1) is 0 Å². The summed E-state index contributed by atoms with van der Waals surface area (Å²) in [4.78, 5) is 0. The minimum atomic E-state index is -1.03. The Bertz CT molecular complexity index is 380. The third-order valence-corrected chi connectivity index (χ3v) is 3.38. The van der Waals surface area contributed by atoms with Crippen molar-refractivity contribution in [3.05, 3.63) is 47.1 Å². The van der Waals surface area contributed by atoms with Crippen molar-refractivity contribution in [2.75, 3.05) is 6.54 Å². The molecule has 0 bridgehead atoms. The first-order valence-electron chi connectivity index (χ1n) is 7.06. The van der Waals surface area contributed by atoms with Crippen molar-refractivity contribution in [2.24, 2.45) is 5.73 Å². The molecule has 2 heteroatoms. The molecular weight excluding hydrogens is 237 g/mol. The second-order valence-corrected chi connectivity index (χ2v) is 4.71. The van der Waals surface area contributed by atoms with Crippen LogP contribution in [-0.2, 0) is 0 Å². The van der Waals surface area contributed by atoms with E-state index in [1.54, 1.807) is 0 Å². The molecule has 0 aliphatic heterocycles. The highest BCUT2D eigenvalue weighted by atomic mass is 19.1. The van der Waals surface area contributed by atoms with Crippen LogP contribution < -0.4 is 5.73 Å². The van der Waals surface area contributed by atoms with E-state index in [9.17, 15) is 4.39 Å². The van der Waals surface area contributed by atoms with Crippen molar-refractivity contribution in [3.63, 3.8) is 0 Å². The van der Waals surface area contributed by atoms with E-state index in [2.05, 4.69) is 33.9 Å². The van der Waals surface area contributed by atoms with Crippen LogP contribution in [0.2, 0.25) is 0 Å². The molecule has 0 radical (unpaired) electrons. The Labute approximate surface area is 117 Å². The summed E-state index contributed by atoms with van der Waals surface area (Å²) < 4.78 is 13.3. The number of alkyl halides is 1. The highest BCUT2D eigenvalue weighted by Crippen LogP contribution is 2.29. The summed E-state index contributed by atoms with van der Waals surface area (Å²) in [6.07, 6.45) is 3.41. The van der Waals surface area contributed by atoms with Gasteiger partial charge in [-0.1, -0.05) is 40.0 Å². The highest BCUT2D eigenvalue weighted by molar-refractivity contribution is 5.51. The van der Waals surface area contributed by atoms with Crippen LogP contribution in [0.25, 0.3) is 0 Å². The van der Waals surface area contributed by atoms with Gasteiger partial charge in [0.1, 0.15) is 6.17 Å². The summed E-state index contributed by atoms with van der Waals surface area (Å²) in [5.41, 5.74) is 10.8. The largest absolute Gasteiger partial charge is 0.327 e. The van der Waals surface area contributed by atoms with E-state index in [-0.39, 0.29) is 0 Å². The zero-order valence-electron chi connectivity index (χ0n) is 12.9. The van der Waals surface area contributed by atoms with Gasteiger partial charge in [0.15, 0.2) is 0 Å². The van der Waals surface area contributed by atoms with Gasteiger partial charge in [-0.2, -0.15) is 0 Å². The fraction of sp³-hybridized carbons (Fsp3) is 0.529. The topological polar surface area (TPSA) is 26.0 Å². The van der Waals surface area contributed by atoms with Crippen molar-refractivity contribution in [2.45, 2.75) is 53.1 Å². The summed E-state index contributed by atoms with van der Waals surface area (Å²) in [5, 5.41) is 0. The number of halogens is 1. The van der Waals surface area contributed by atoms with Crippen molar-refractivity contribution in [3.8, 4) is 0 Å². The van der Waals surface area contributed by atoms with Crippen LogP contribution in [0, 0.1) is 0 Å². The lowest BCUT2D eigenvalue weighted by Gasteiger charge is -2.18. The molecule has 0 aromatic carbocycles. The molecule has 19 heavy (non-hydrogen) atoms. The molecule has 108 valence electrons. The van der Waals surface area contributed by atoms with Gasteiger partial charge in [0, 0.05) is 6.54 Å². The molecule has 0 aromatic rings. The van der Waals surface area contributed by atoms with E-state index in [1.807, 2.05) is 6.08 Å². The Hall–Kier alpha value is -1.15. The average Bonchev–Trinajstić information content (AvgIpc) is 2.41. The van der Waals surface area contributed by atoms with E-state index >= 15 is 0 Å². The van der Waals surface area contributed by atoms with E-state index in [4.69, 9.17) is 5.73 Å². The Morgan fingerprint density at radius 2 is 1.74 bits per heavy atom. The Morgan fingerprint density at radius 1 is 1.16 bits per heavy atom. The molecule has 2 N–H and O–H groups in total. The first-order valence-corrected chi connectivity index (χ1v) is 7.06. The zero-order chi connectivity index (χ0) is 15.0. The monoisotopic (exact) mass is 265 g/mol. The Balaban J connectivity index is 5.76. The van der Waals surface area contributed by atoms with E-state index in [0.717, 1.165) is 36.0 Å². The van der Waals surface area contributed by atoms with Gasteiger partial charge < -0.3 is 5.73 Å². The third-order valence-electron chi connectivity index (χ3n) is 3.38. The van der Waals surface area contributed by atoms with Crippen molar-refractivity contribution in [1.29, 1.82) is 0 Å². The van der Waals surface area contributed by atoms with Gasteiger partial charge >= 0.3 is 0 Å². The molecule has 0 rings (SSSR count). The minimum absolute atomic E-state index is 0.505. The maximum absolute atomic E-state index is 13.3. The number of rotatable bonds is 8. The zero-order valence-corrected chi connectivity index (χ0v) is 12.9. The molecule has 0 aliphatic carbocycles. The second kappa shape index (κ2) is 8.87. The summed E-state index contributed by atoms with van der Waals surface area (Å²) in [7, 11) is 0. The highest BCUT2D eigenvalue weighted by Gasteiger charge is 2.13. The van der Waals surface area contributed by atoms with Crippen LogP contribution in [-0.4, -0.2) is 12.7 Å². The van der Waals surface area contributed by atoms with E-state index < -0.39 is 6.17 Å². The van der Waals surface area contributed by atoms with Gasteiger partial charge in [-0.3, -0.25) is 0 Å². The van der Waals surface area contributed by atoms with E-state index in [1.165, 1.54) is 12.5 Å². The van der Waals surface area contributed by atoms with Gasteiger partial charge in [-0.25, -0.2) is 4.39 Å². The fourth-order valence-electron chi connectivity index (χ4n) is 1.99. The summed E-state index contributed by atoms with van der Waals surface area (Å²) in [6, 6.07) is 0. The van der Waals surface area contributed by atoms with Gasteiger partial charge in [0.2, 0.25) is 0 Å². The third kappa shape index (κ3) is 5.15. The molecular formula is C17H28FN. The van der Waals surface area contributed by atoms with Gasteiger partial charge in [-0.05, 0) is 54.1 Å². The molecule has 1 unspecified atom stereocenters. The first kappa shape index (κ1) is 17.8. The Morgan fingerprint density at radius 3 is 2.05 bits per heavy atom. The van der Waals surface area contributed by atoms with Gasteiger partial charge in [0.25, 0.3) is 0 Å². The molecule has 0 aliphatic rings. The minimum Gasteiger partial charge on any atom is -0.327 e. The van der Waals surface area contributed by atoms with Crippen molar-refractivity contribution >= 4 is 0 Å². The van der Waals surface area contributed by atoms with Gasteiger partial charge in [0.05, 0.1) is 0 Å². The first-order chi connectivity index (χ1) is 8.92. The van der Waals surface area contributed by atoms with Crippen LogP contribution >= 0.6 is 0 Å². The molecule has 0 heterocycles. The quantitative estimate of drug-likeness (QED) is 0.623. The van der Waals surface area contributed by atoms with E-state index in [0.29, 0.717) is 12.1 Å². The van der Waals surface area contributed by atoms with Crippen LogP contribution in [0.5, 0.6) is 0 Å². The molecule has 0 fully saturated rings. The molecule has 0 saturated heterocycles. The lowest BCUT2D eigenvalue weighted by molar-refractivity contribution is 0.418. The van der Waals surface area contributed by atoms with Crippen LogP contribution in [0.1, 0.15) is 47.0 Å². The predicted molar refractivity (Wildman–Crippen MR) is 83.9 cm³/mol. The lowest BCUT2D eigenvalue weighted by atomic mass is 9.88. The predicted octanol–water partition coefficient (Wildman–Crippen LogP) is 4.87. The molecule has 0 amide bonds. The average molecular weight is 265 g/mol. The smallest absolute Gasteiger partial charge is 0.122 e. The summed E-state index contributed by atoms with van der Waals surface area (Å²) in [6.45, 7) is 16.2. The maximum atomic E-state index is 13.3. The molecule has 0 saturated carbocycles. The molecule has 1 atom stereocenters. The standard InChI is InChI=1S/C17H28FN/c1-7-12(4)17(16(9-3)11-19)15(8-2)10-13(5)14(6)18/h10,14H,4-5,7-9,11,19H2,1-3,6H3/b15-10+,17-16-. The fourth-order valence-corrected chi connectivity index (χ4v) is 1.99. The molecule has 1 nitrogen and oxygen atoms in total. The number of allylic oxidation sites excluding steroid dienone is 5. The maximum Gasteiger partial charge on any atom is 0.122 e. The van der Waals surface area contributed by atoms with Crippen LogP contribution in [0.15, 0.2) is 47.1 Å². The van der Waals surface area contributed by atoms with Crippen LogP contribution in [0.3, 0.4) is 0 Å². The normalized spacial score (nSPS) is 14.9. The molecule has 0 spiro atoms. The summed E-state index contributed by atoms with van der Waals surface area (Å²) in [5.74, 6) is 0. The van der Waals surface area contributed by atoms with Crippen LogP contribution in [0.4, 0.5) is 4.39 Å². The SMILES string of the molecule is C=C(CC)C(=C(\CC)CN)/C(=C/C(=C)C(C)F)CC. The second-order valence-electron chi connectivity index (χ2n) is 4.71. The summed E-state index contributed by atoms with van der Waals surface area (Å²) >= 11 is 0.